The Kier molecular flexibility index (Phi) is 5.17. The molecule has 1 unspecified atom stereocenters. The van der Waals surface area contributed by atoms with Crippen molar-refractivity contribution in [3.05, 3.63) is 64.7 Å². The van der Waals surface area contributed by atoms with Crippen molar-refractivity contribution in [2.24, 2.45) is 0 Å². The maximum Gasteiger partial charge on any atom is 0.328 e. The van der Waals surface area contributed by atoms with Gasteiger partial charge in [0.05, 0.1) is 18.4 Å². The minimum absolute atomic E-state index is 0.167. The van der Waals surface area contributed by atoms with Gasteiger partial charge in [0.2, 0.25) is 0 Å². The van der Waals surface area contributed by atoms with Crippen LogP contribution >= 0.6 is 15.9 Å². The summed E-state index contributed by atoms with van der Waals surface area (Å²) in [6, 6.07) is 8.40. The summed E-state index contributed by atoms with van der Waals surface area (Å²) in [5.41, 5.74) is 1.76. The van der Waals surface area contributed by atoms with Crippen LogP contribution in [0, 0.1) is 0 Å². The monoisotopic (exact) mass is 417 g/mol. The van der Waals surface area contributed by atoms with E-state index in [0.29, 0.717) is 12.2 Å². The summed E-state index contributed by atoms with van der Waals surface area (Å²) in [4.78, 5) is 23.5. The van der Waals surface area contributed by atoms with Crippen molar-refractivity contribution in [3.63, 3.8) is 0 Å². The largest absolute Gasteiger partial charge is 0.480 e. The molecule has 1 atom stereocenters. The van der Waals surface area contributed by atoms with Gasteiger partial charge in [0.15, 0.2) is 0 Å². The molecule has 8 nitrogen and oxygen atoms in total. The maximum atomic E-state index is 12.4. The first-order chi connectivity index (χ1) is 12.4. The van der Waals surface area contributed by atoms with Crippen LogP contribution in [0.15, 0.2) is 53.4 Å². The molecule has 26 heavy (non-hydrogen) atoms. The Labute approximate surface area is 157 Å². The van der Waals surface area contributed by atoms with E-state index in [1.54, 1.807) is 10.9 Å². The summed E-state index contributed by atoms with van der Waals surface area (Å²) in [6.45, 7) is 2.03. The predicted octanol–water partition coefficient (Wildman–Crippen LogP) is 2.79. The van der Waals surface area contributed by atoms with Crippen LogP contribution in [0.25, 0.3) is 0 Å². The number of aromatic nitrogens is 4. The summed E-state index contributed by atoms with van der Waals surface area (Å²) in [5, 5.41) is 20.0. The molecule has 1 amide bonds. The van der Waals surface area contributed by atoms with Crippen molar-refractivity contribution in [1.82, 2.24) is 19.6 Å². The Morgan fingerprint density at radius 2 is 1.96 bits per heavy atom. The van der Waals surface area contributed by atoms with Crippen LogP contribution in [0.5, 0.6) is 0 Å². The molecule has 0 spiro atoms. The second-order valence-electron chi connectivity index (χ2n) is 5.68. The third-order valence-corrected chi connectivity index (χ3v) is 4.30. The van der Waals surface area contributed by atoms with Crippen molar-refractivity contribution in [2.45, 2.75) is 19.5 Å². The highest BCUT2D eigenvalue weighted by molar-refractivity contribution is 9.10. The van der Waals surface area contributed by atoms with E-state index in [1.165, 1.54) is 30.1 Å². The Hall–Kier alpha value is -2.94. The predicted molar refractivity (Wildman–Crippen MR) is 98.0 cm³/mol. The van der Waals surface area contributed by atoms with E-state index in [0.717, 1.165) is 10.0 Å². The first-order valence-corrected chi connectivity index (χ1v) is 8.58. The van der Waals surface area contributed by atoms with Gasteiger partial charge in [-0.2, -0.15) is 10.2 Å². The fraction of sp³-hybridized carbons (Fsp3) is 0.176. The number of carboxylic acids is 1. The standard InChI is InChI=1S/C17H16BrN5O3/c1-11(17(25)26)23-15(6-7-19-23)16(24)21-14-8-20-22(10-14)9-12-2-4-13(18)5-3-12/h2-8,10-11H,9H2,1H3,(H,21,24)(H,25,26). The number of benzene rings is 1. The van der Waals surface area contributed by atoms with Crippen molar-refractivity contribution in [2.75, 3.05) is 5.32 Å². The number of rotatable bonds is 6. The Balaban J connectivity index is 1.69. The lowest BCUT2D eigenvalue weighted by Gasteiger charge is -2.10. The van der Waals surface area contributed by atoms with Gasteiger partial charge in [-0.1, -0.05) is 28.1 Å². The van der Waals surface area contributed by atoms with Gasteiger partial charge in [0.1, 0.15) is 11.7 Å². The Morgan fingerprint density at radius 1 is 1.23 bits per heavy atom. The van der Waals surface area contributed by atoms with Crippen molar-refractivity contribution in [3.8, 4) is 0 Å². The van der Waals surface area contributed by atoms with E-state index in [4.69, 9.17) is 5.11 Å². The number of carboxylic acid groups (broad SMARTS) is 1. The Morgan fingerprint density at radius 3 is 2.65 bits per heavy atom. The lowest BCUT2D eigenvalue weighted by molar-refractivity contribution is -0.140. The number of nitrogens with zero attached hydrogens (tertiary/aromatic N) is 4. The van der Waals surface area contributed by atoms with Crippen molar-refractivity contribution in [1.29, 1.82) is 0 Å². The fourth-order valence-electron chi connectivity index (χ4n) is 2.39. The molecular formula is C17H16BrN5O3. The minimum Gasteiger partial charge on any atom is -0.480 e. The second kappa shape index (κ2) is 7.52. The summed E-state index contributed by atoms with van der Waals surface area (Å²) in [6.07, 6.45) is 4.64. The zero-order chi connectivity index (χ0) is 18.7. The summed E-state index contributed by atoms with van der Waals surface area (Å²) in [5.74, 6) is -1.51. The van der Waals surface area contributed by atoms with E-state index in [2.05, 4.69) is 31.4 Å². The molecule has 0 saturated carbocycles. The first-order valence-electron chi connectivity index (χ1n) is 7.78. The van der Waals surface area contributed by atoms with Gasteiger partial charge in [-0.25, -0.2) is 9.48 Å². The van der Waals surface area contributed by atoms with E-state index in [-0.39, 0.29) is 5.69 Å². The number of amides is 1. The van der Waals surface area contributed by atoms with Gasteiger partial charge in [-0.05, 0) is 30.7 Å². The number of aliphatic carboxylic acids is 1. The molecule has 3 rings (SSSR count). The van der Waals surface area contributed by atoms with Crippen LogP contribution < -0.4 is 5.32 Å². The topological polar surface area (TPSA) is 102 Å². The molecule has 0 aliphatic carbocycles. The van der Waals surface area contributed by atoms with E-state index < -0.39 is 17.9 Å². The molecule has 0 radical (unpaired) electrons. The number of halogens is 1. The van der Waals surface area contributed by atoms with E-state index in [9.17, 15) is 9.59 Å². The molecule has 0 fully saturated rings. The van der Waals surface area contributed by atoms with Crippen LogP contribution in [0.2, 0.25) is 0 Å². The molecule has 0 aliphatic rings. The molecule has 2 N–H and O–H groups in total. The highest BCUT2D eigenvalue weighted by Crippen LogP contribution is 2.14. The normalized spacial score (nSPS) is 11.9. The fourth-order valence-corrected chi connectivity index (χ4v) is 2.66. The van der Waals surface area contributed by atoms with Gasteiger partial charge >= 0.3 is 5.97 Å². The molecule has 2 aromatic heterocycles. The average molecular weight is 418 g/mol. The molecular weight excluding hydrogens is 402 g/mol. The minimum atomic E-state index is -1.06. The smallest absolute Gasteiger partial charge is 0.328 e. The number of hydrogen-bond acceptors (Lipinski definition) is 4. The van der Waals surface area contributed by atoms with Gasteiger partial charge < -0.3 is 10.4 Å². The molecule has 1 aromatic carbocycles. The molecule has 2 heterocycles. The van der Waals surface area contributed by atoms with Crippen molar-refractivity contribution >= 4 is 33.5 Å². The third kappa shape index (κ3) is 3.99. The van der Waals surface area contributed by atoms with Crippen LogP contribution in [0.3, 0.4) is 0 Å². The molecule has 0 bridgehead atoms. The van der Waals surface area contributed by atoms with Gasteiger partial charge in [-0.15, -0.1) is 0 Å². The number of carbonyl (C=O) groups is 2. The number of carbonyl (C=O) groups excluding carboxylic acids is 1. The van der Waals surface area contributed by atoms with E-state index >= 15 is 0 Å². The Bertz CT molecular complexity index is 932. The SMILES string of the molecule is CC(C(=O)O)n1nccc1C(=O)Nc1cnn(Cc2ccc(Br)cc2)c1. The molecule has 0 saturated heterocycles. The third-order valence-electron chi connectivity index (χ3n) is 3.78. The zero-order valence-electron chi connectivity index (χ0n) is 13.8. The lowest BCUT2D eigenvalue weighted by atomic mass is 10.2. The highest BCUT2D eigenvalue weighted by atomic mass is 79.9. The van der Waals surface area contributed by atoms with Gasteiger partial charge in [0.25, 0.3) is 5.91 Å². The van der Waals surface area contributed by atoms with Crippen molar-refractivity contribution < 1.29 is 14.7 Å². The molecule has 9 heteroatoms. The van der Waals surface area contributed by atoms with Gasteiger partial charge in [-0.3, -0.25) is 9.48 Å². The van der Waals surface area contributed by atoms with Gasteiger partial charge in [0, 0.05) is 16.9 Å². The quantitative estimate of drug-likeness (QED) is 0.641. The van der Waals surface area contributed by atoms with Crippen LogP contribution in [-0.4, -0.2) is 36.5 Å². The van der Waals surface area contributed by atoms with Crippen LogP contribution in [0.1, 0.15) is 29.0 Å². The second-order valence-corrected chi connectivity index (χ2v) is 6.60. The first kappa shape index (κ1) is 17.9. The van der Waals surface area contributed by atoms with E-state index in [1.807, 2.05) is 24.3 Å². The molecule has 3 aromatic rings. The lowest BCUT2D eigenvalue weighted by Crippen LogP contribution is -2.24. The summed E-state index contributed by atoms with van der Waals surface area (Å²) >= 11 is 3.39. The number of anilines is 1. The molecule has 0 aliphatic heterocycles. The zero-order valence-corrected chi connectivity index (χ0v) is 15.4. The maximum absolute atomic E-state index is 12.4. The molecule has 134 valence electrons. The van der Waals surface area contributed by atoms with Crippen LogP contribution in [-0.2, 0) is 11.3 Å². The highest BCUT2D eigenvalue weighted by Gasteiger charge is 2.21. The van der Waals surface area contributed by atoms with Crippen LogP contribution in [0.4, 0.5) is 5.69 Å². The summed E-state index contributed by atoms with van der Waals surface area (Å²) < 4.78 is 3.88. The number of hydrogen-bond donors (Lipinski definition) is 2. The summed E-state index contributed by atoms with van der Waals surface area (Å²) in [7, 11) is 0. The number of nitrogens with one attached hydrogen (secondary N) is 1. The average Bonchev–Trinajstić information content (AvgIpc) is 3.25.